The van der Waals surface area contributed by atoms with Gasteiger partial charge in [0, 0.05) is 21.5 Å². The predicted molar refractivity (Wildman–Crippen MR) is 227 cm³/mol. The lowest BCUT2D eigenvalue weighted by Gasteiger charge is -2.18. The van der Waals surface area contributed by atoms with Gasteiger partial charge in [0.1, 0.15) is 22.3 Å². The third-order valence-corrected chi connectivity index (χ3v) is 11.4. The predicted octanol–water partition coefficient (Wildman–Crippen LogP) is 15.1. The van der Waals surface area contributed by atoms with E-state index in [1.54, 1.807) is 0 Å². The van der Waals surface area contributed by atoms with Crippen molar-refractivity contribution >= 4 is 87.0 Å². The van der Waals surface area contributed by atoms with Gasteiger partial charge in [-0.2, -0.15) is 0 Å². The summed E-state index contributed by atoms with van der Waals surface area (Å²) in [6.45, 7) is 0. The van der Waals surface area contributed by atoms with Crippen LogP contribution in [0, 0.1) is 0 Å². The van der Waals surface area contributed by atoms with Gasteiger partial charge in [-0.05, 0) is 131 Å². The van der Waals surface area contributed by atoms with Crippen molar-refractivity contribution < 1.29 is 8.83 Å². The van der Waals surface area contributed by atoms with Crippen molar-refractivity contribution in [3.8, 4) is 33.4 Å². The van der Waals surface area contributed by atoms with E-state index < -0.39 is 0 Å². The van der Waals surface area contributed by atoms with Crippen molar-refractivity contribution in [2.75, 3.05) is 0 Å². The lowest BCUT2D eigenvalue weighted by atomic mass is 9.85. The minimum atomic E-state index is 0.885. The van der Waals surface area contributed by atoms with E-state index in [1.165, 1.54) is 60.1 Å². The van der Waals surface area contributed by atoms with Crippen LogP contribution in [0.15, 0.2) is 191 Å². The van der Waals surface area contributed by atoms with Gasteiger partial charge >= 0.3 is 0 Å². The first kappa shape index (κ1) is 29.4. The molecule has 0 spiro atoms. The Morgan fingerprint density at radius 3 is 1.39 bits per heavy atom. The number of hydrogen-bond acceptors (Lipinski definition) is 2. The van der Waals surface area contributed by atoms with Gasteiger partial charge in [0.25, 0.3) is 0 Å². The minimum absolute atomic E-state index is 0.885. The molecule has 0 N–H and O–H groups in total. The third kappa shape index (κ3) is 4.34. The molecule has 54 heavy (non-hydrogen) atoms. The molecule has 2 heteroatoms. The van der Waals surface area contributed by atoms with Gasteiger partial charge in [0.2, 0.25) is 0 Å². The molecule has 2 nitrogen and oxygen atoms in total. The molecule has 0 aliphatic carbocycles. The van der Waals surface area contributed by atoms with Gasteiger partial charge in [-0.1, -0.05) is 127 Å². The molecule has 12 aromatic rings. The Labute approximate surface area is 310 Å². The molecular weight excluding hydrogens is 657 g/mol. The van der Waals surface area contributed by atoms with Crippen LogP contribution in [-0.4, -0.2) is 0 Å². The van der Waals surface area contributed by atoms with Crippen LogP contribution in [0.1, 0.15) is 0 Å². The molecule has 0 aliphatic rings. The molecule has 0 saturated carbocycles. The maximum absolute atomic E-state index is 6.47. The standard InChI is InChI=1S/C52H30O2/c1-2-11-32-24-36(21-20-31(32)10-1)52-42-17-5-3-15-40(42)51(41-16-4-6-18-43(41)52)35-13-9-12-33(25-35)34-22-23-48-45(26-34)46-28-38-29-49-44(27-37(38)30-50(46)54-48)39-14-7-8-19-47(39)53-49/h1-30H. The fraction of sp³-hybridized carbons (Fsp3) is 0. The molecule has 0 amide bonds. The summed E-state index contributed by atoms with van der Waals surface area (Å²) in [5.74, 6) is 0. The zero-order chi connectivity index (χ0) is 35.3. The molecule has 0 unspecified atom stereocenters. The average Bonchev–Trinajstić information content (AvgIpc) is 3.77. The largest absolute Gasteiger partial charge is 0.456 e. The Hall–Kier alpha value is -7.16. The Kier molecular flexibility index (Phi) is 6.09. The summed E-state index contributed by atoms with van der Waals surface area (Å²) >= 11 is 0. The summed E-state index contributed by atoms with van der Waals surface area (Å²) in [5, 5.41) is 14.2. The third-order valence-electron chi connectivity index (χ3n) is 11.4. The topological polar surface area (TPSA) is 26.3 Å². The van der Waals surface area contributed by atoms with E-state index in [1.807, 2.05) is 12.1 Å². The second-order valence-electron chi connectivity index (χ2n) is 14.4. The summed E-state index contributed by atoms with van der Waals surface area (Å²) in [7, 11) is 0. The maximum atomic E-state index is 6.47. The first-order valence-electron chi connectivity index (χ1n) is 18.5. The average molecular weight is 687 g/mol. The molecule has 250 valence electrons. The van der Waals surface area contributed by atoms with E-state index in [0.717, 1.165) is 60.2 Å². The highest BCUT2D eigenvalue weighted by Gasteiger charge is 2.18. The van der Waals surface area contributed by atoms with E-state index in [4.69, 9.17) is 8.83 Å². The number of furan rings is 2. The molecule has 0 aliphatic heterocycles. The van der Waals surface area contributed by atoms with Gasteiger partial charge in [-0.3, -0.25) is 0 Å². The van der Waals surface area contributed by atoms with Gasteiger partial charge in [0.05, 0.1) is 0 Å². The van der Waals surface area contributed by atoms with Crippen LogP contribution in [0.5, 0.6) is 0 Å². The summed E-state index contributed by atoms with van der Waals surface area (Å²) in [6.07, 6.45) is 0. The molecule has 0 bridgehead atoms. The normalized spacial score (nSPS) is 12.1. The quantitative estimate of drug-likeness (QED) is 0.173. The molecule has 0 saturated heterocycles. The molecule has 0 fully saturated rings. The fourth-order valence-corrected chi connectivity index (χ4v) is 8.87. The molecule has 10 aromatic carbocycles. The molecule has 2 heterocycles. The van der Waals surface area contributed by atoms with Gasteiger partial charge in [0.15, 0.2) is 0 Å². The lowest BCUT2D eigenvalue weighted by Crippen LogP contribution is -1.91. The molecular formula is C52H30O2. The lowest BCUT2D eigenvalue weighted by molar-refractivity contribution is 0.668. The van der Waals surface area contributed by atoms with Crippen LogP contribution < -0.4 is 0 Å². The Morgan fingerprint density at radius 2 is 0.704 bits per heavy atom. The first-order valence-corrected chi connectivity index (χ1v) is 18.5. The Bertz CT molecular complexity index is 3450. The molecule has 2 aromatic heterocycles. The number of hydrogen-bond donors (Lipinski definition) is 0. The second-order valence-corrected chi connectivity index (χ2v) is 14.4. The van der Waals surface area contributed by atoms with E-state index in [0.29, 0.717) is 0 Å². The highest BCUT2D eigenvalue weighted by atomic mass is 16.3. The number of para-hydroxylation sites is 1. The monoisotopic (exact) mass is 686 g/mol. The molecule has 12 rings (SSSR count). The van der Waals surface area contributed by atoms with Crippen LogP contribution in [0.25, 0.3) is 120 Å². The second kappa shape index (κ2) is 11.2. The summed E-state index contributed by atoms with van der Waals surface area (Å²) in [4.78, 5) is 0. The Morgan fingerprint density at radius 1 is 0.222 bits per heavy atom. The van der Waals surface area contributed by atoms with E-state index >= 15 is 0 Å². The van der Waals surface area contributed by atoms with E-state index in [-0.39, 0.29) is 0 Å². The van der Waals surface area contributed by atoms with Crippen molar-refractivity contribution in [1.29, 1.82) is 0 Å². The summed E-state index contributed by atoms with van der Waals surface area (Å²) in [6, 6.07) is 65.8. The smallest absolute Gasteiger partial charge is 0.136 e. The van der Waals surface area contributed by atoms with Crippen LogP contribution >= 0.6 is 0 Å². The van der Waals surface area contributed by atoms with Gasteiger partial charge < -0.3 is 8.83 Å². The van der Waals surface area contributed by atoms with E-state index in [9.17, 15) is 0 Å². The van der Waals surface area contributed by atoms with Crippen molar-refractivity contribution in [2.24, 2.45) is 0 Å². The van der Waals surface area contributed by atoms with Crippen LogP contribution in [0.3, 0.4) is 0 Å². The van der Waals surface area contributed by atoms with Gasteiger partial charge in [-0.15, -0.1) is 0 Å². The fourth-order valence-electron chi connectivity index (χ4n) is 8.87. The van der Waals surface area contributed by atoms with Crippen LogP contribution in [-0.2, 0) is 0 Å². The van der Waals surface area contributed by atoms with Crippen molar-refractivity contribution in [1.82, 2.24) is 0 Å². The van der Waals surface area contributed by atoms with Crippen molar-refractivity contribution in [3.63, 3.8) is 0 Å². The van der Waals surface area contributed by atoms with Crippen molar-refractivity contribution in [2.45, 2.75) is 0 Å². The van der Waals surface area contributed by atoms with Crippen molar-refractivity contribution in [3.05, 3.63) is 182 Å². The highest BCUT2D eigenvalue weighted by molar-refractivity contribution is 6.22. The summed E-state index contributed by atoms with van der Waals surface area (Å²) < 4.78 is 12.7. The zero-order valence-electron chi connectivity index (χ0n) is 29.1. The maximum Gasteiger partial charge on any atom is 0.136 e. The Balaban J connectivity index is 1.02. The number of fused-ring (bicyclic) bond motifs is 10. The SMILES string of the molecule is c1cc(-c2ccc3oc4cc5cc6c(cc5cc4c3c2)oc2ccccc26)cc(-c2c3ccccc3c(-c3ccc4ccccc4c3)c3ccccc23)c1. The molecule has 0 radical (unpaired) electrons. The number of benzene rings is 10. The molecule has 0 atom stereocenters. The summed E-state index contributed by atoms with van der Waals surface area (Å²) in [5.41, 5.74) is 10.9. The highest BCUT2D eigenvalue weighted by Crippen LogP contribution is 2.45. The van der Waals surface area contributed by atoms with Gasteiger partial charge in [-0.25, -0.2) is 0 Å². The van der Waals surface area contributed by atoms with Crippen LogP contribution in [0.2, 0.25) is 0 Å². The zero-order valence-corrected chi connectivity index (χ0v) is 29.1. The number of rotatable bonds is 3. The van der Waals surface area contributed by atoms with Crippen LogP contribution in [0.4, 0.5) is 0 Å². The first-order chi connectivity index (χ1) is 26.7. The van der Waals surface area contributed by atoms with E-state index in [2.05, 4.69) is 170 Å². The minimum Gasteiger partial charge on any atom is -0.456 e.